The number of esters is 2. The summed E-state index contributed by atoms with van der Waals surface area (Å²) in [4.78, 5) is 30.7. The van der Waals surface area contributed by atoms with Crippen LogP contribution in [0.3, 0.4) is 0 Å². The molecule has 1 fully saturated rings. The summed E-state index contributed by atoms with van der Waals surface area (Å²) in [5, 5.41) is 10.7. The monoisotopic (exact) mass is 650 g/mol. The van der Waals surface area contributed by atoms with Gasteiger partial charge < -0.3 is 14.2 Å². The molecular weight excluding hydrogens is 623 g/mol. The molecule has 0 spiro atoms. The Labute approximate surface area is 268 Å². The van der Waals surface area contributed by atoms with Crippen LogP contribution in [0.1, 0.15) is 47.6 Å². The number of carbonyl (C=O) groups is 2. The van der Waals surface area contributed by atoms with Crippen LogP contribution in [0.25, 0.3) is 5.65 Å². The largest absolute Gasteiger partial charge is 0.462 e. The molecule has 0 bridgehead atoms. The Balaban J connectivity index is 1.21. The zero-order valence-corrected chi connectivity index (χ0v) is 26.0. The van der Waals surface area contributed by atoms with Crippen LogP contribution in [0, 0.1) is 5.41 Å². The molecule has 0 N–H and O–H groups in total. The van der Waals surface area contributed by atoms with Crippen molar-refractivity contribution < 1.29 is 23.8 Å². The normalized spacial score (nSPS) is 23.0. The van der Waals surface area contributed by atoms with E-state index in [4.69, 9.17) is 37.4 Å². The fraction of sp³-hybridized carbons (Fsp3) is 0.281. The van der Waals surface area contributed by atoms with E-state index in [1.807, 2.05) is 22.6 Å². The van der Waals surface area contributed by atoms with Crippen molar-refractivity contribution in [3.8, 4) is 0 Å². The number of halogens is 2. The minimum absolute atomic E-state index is 0.120. The van der Waals surface area contributed by atoms with Crippen LogP contribution >= 0.6 is 35.0 Å². The molecule has 1 saturated heterocycles. The number of thioether (sulfide) groups is 1. The van der Waals surface area contributed by atoms with Crippen molar-refractivity contribution in [2.75, 3.05) is 6.61 Å². The van der Waals surface area contributed by atoms with Crippen molar-refractivity contribution in [3.63, 3.8) is 0 Å². The molecule has 3 heterocycles. The average molecular weight is 652 g/mol. The van der Waals surface area contributed by atoms with Crippen molar-refractivity contribution in [1.29, 1.82) is 0 Å². The van der Waals surface area contributed by atoms with Crippen molar-refractivity contribution in [2.45, 2.75) is 48.9 Å². The van der Waals surface area contributed by atoms with Gasteiger partial charge in [0, 0.05) is 34.6 Å². The summed E-state index contributed by atoms with van der Waals surface area (Å²) in [6.45, 7) is 1.66. The van der Waals surface area contributed by atoms with E-state index >= 15 is 0 Å². The van der Waals surface area contributed by atoms with E-state index in [2.05, 4.69) is 27.3 Å². The van der Waals surface area contributed by atoms with Crippen molar-refractivity contribution >= 4 is 52.5 Å². The molecule has 2 aromatic carbocycles. The van der Waals surface area contributed by atoms with Gasteiger partial charge >= 0.3 is 11.9 Å². The summed E-state index contributed by atoms with van der Waals surface area (Å²) in [5.41, 5.74) is 1.24. The molecule has 4 aromatic rings. The van der Waals surface area contributed by atoms with Gasteiger partial charge in [-0.25, -0.2) is 9.78 Å². The fourth-order valence-electron chi connectivity index (χ4n) is 5.00. The van der Waals surface area contributed by atoms with Crippen LogP contribution in [-0.4, -0.2) is 50.3 Å². The van der Waals surface area contributed by atoms with E-state index in [0.29, 0.717) is 33.5 Å². The molecule has 44 heavy (non-hydrogen) atoms. The van der Waals surface area contributed by atoms with Gasteiger partial charge in [-0.3, -0.25) is 9.20 Å². The molecule has 226 valence electrons. The second-order valence-corrected chi connectivity index (χ2v) is 12.6. The number of allylic oxidation sites excluding steroid dienone is 3. The van der Waals surface area contributed by atoms with Gasteiger partial charge in [0.15, 0.2) is 11.5 Å². The Morgan fingerprint density at radius 3 is 2.66 bits per heavy atom. The highest BCUT2D eigenvalue weighted by Gasteiger charge is 2.43. The molecule has 6 rings (SSSR count). The van der Waals surface area contributed by atoms with Crippen LogP contribution in [0.2, 0.25) is 5.02 Å². The summed E-state index contributed by atoms with van der Waals surface area (Å²) < 4.78 is 19.8. The number of nitrogens with zero attached hydrogens (tertiary/aromatic N) is 4. The zero-order chi connectivity index (χ0) is 30.7. The van der Waals surface area contributed by atoms with Crippen LogP contribution in [0.5, 0.6) is 0 Å². The number of hydrogen-bond acceptors (Lipinski definition) is 9. The van der Waals surface area contributed by atoms with Gasteiger partial charge in [0.05, 0.1) is 11.0 Å². The fourth-order valence-corrected chi connectivity index (χ4v) is 6.16. The lowest BCUT2D eigenvalue weighted by atomic mass is 9.84. The highest BCUT2D eigenvalue weighted by atomic mass is 35.5. The first kappa shape index (κ1) is 30.3. The van der Waals surface area contributed by atoms with Crippen LogP contribution < -0.4 is 0 Å². The van der Waals surface area contributed by atoms with E-state index in [9.17, 15) is 9.59 Å². The predicted octanol–water partition coefficient (Wildman–Crippen LogP) is 6.76. The summed E-state index contributed by atoms with van der Waals surface area (Å²) >= 11 is 13.6. The summed E-state index contributed by atoms with van der Waals surface area (Å²) in [6, 6.07) is 16.5. The lowest BCUT2D eigenvalue weighted by Crippen LogP contribution is -2.35. The third-order valence-corrected chi connectivity index (χ3v) is 9.11. The quantitative estimate of drug-likeness (QED) is 0.143. The highest BCUT2D eigenvalue weighted by Crippen LogP contribution is 2.37. The van der Waals surface area contributed by atoms with Crippen molar-refractivity contribution in [3.05, 3.63) is 112 Å². The summed E-state index contributed by atoms with van der Waals surface area (Å²) in [6.07, 6.45) is 7.31. The van der Waals surface area contributed by atoms with E-state index in [1.165, 1.54) is 5.56 Å². The lowest BCUT2D eigenvalue weighted by molar-refractivity contribution is -0.157. The van der Waals surface area contributed by atoms with Crippen molar-refractivity contribution in [1.82, 2.24) is 19.6 Å². The molecule has 4 unspecified atom stereocenters. The first-order valence-corrected chi connectivity index (χ1v) is 15.7. The van der Waals surface area contributed by atoms with Gasteiger partial charge in [-0.1, -0.05) is 77.4 Å². The maximum absolute atomic E-state index is 13.1. The van der Waals surface area contributed by atoms with E-state index < -0.39 is 35.7 Å². The molecule has 1 aliphatic carbocycles. The summed E-state index contributed by atoms with van der Waals surface area (Å²) in [7, 11) is 0. The van der Waals surface area contributed by atoms with Crippen LogP contribution in [0.15, 0.2) is 95.3 Å². The molecule has 4 atom stereocenters. The Kier molecular flexibility index (Phi) is 9.04. The maximum atomic E-state index is 13.1. The molecule has 0 saturated carbocycles. The summed E-state index contributed by atoms with van der Waals surface area (Å²) in [5.74, 6) is 0.293. The standard InChI is InChI=1S/C32H28Cl2N4O5S/c1-32(13-11-23(34)12-14-32)31(40)41-18-26-24(43-30(39)21-7-9-22(33)10-8-21)17-25(42-26)27-36-37-28-29(35-15-16-38(27)28)44-19-20-5-3-2-4-6-20/h2-13,15-16,24-26H,14,17-19H2,1H3. The van der Waals surface area contributed by atoms with Gasteiger partial charge in [0.25, 0.3) is 0 Å². The number of ether oxygens (including phenoxy) is 3. The average Bonchev–Trinajstić information content (AvgIpc) is 3.65. The van der Waals surface area contributed by atoms with Gasteiger partial charge in [-0.05, 0) is 49.2 Å². The van der Waals surface area contributed by atoms with Crippen LogP contribution in [0.4, 0.5) is 0 Å². The van der Waals surface area contributed by atoms with E-state index in [-0.39, 0.29) is 13.0 Å². The smallest absolute Gasteiger partial charge is 0.338 e. The molecule has 9 nitrogen and oxygen atoms in total. The highest BCUT2D eigenvalue weighted by molar-refractivity contribution is 7.98. The first-order valence-electron chi connectivity index (χ1n) is 14.0. The topological polar surface area (TPSA) is 105 Å². The molecule has 2 aliphatic rings. The minimum atomic E-state index is -0.865. The Morgan fingerprint density at radius 2 is 1.91 bits per heavy atom. The molecule has 1 aliphatic heterocycles. The van der Waals surface area contributed by atoms with Crippen molar-refractivity contribution in [2.24, 2.45) is 5.41 Å². The molecule has 0 amide bonds. The maximum Gasteiger partial charge on any atom is 0.338 e. The minimum Gasteiger partial charge on any atom is -0.462 e. The predicted molar refractivity (Wildman–Crippen MR) is 166 cm³/mol. The number of rotatable bonds is 9. The number of carbonyl (C=O) groups excluding carboxylic acids is 2. The third kappa shape index (κ3) is 6.68. The molecule has 12 heteroatoms. The zero-order valence-electron chi connectivity index (χ0n) is 23.6. The van der Waals surface area contributed by atoms with Gasteiger partial charge in [-0.15, -0.1) is 10.2 Å². The molecule has 2 aromatic heterocycles. The van der Waals surface area contributed by atoms with E-state index in [0.717, 1.165) is 10.8 Å². The lowest BCUT2D eigenvalue weighted by Gasteiger charge is -2.26. The van der Waals surface area contributed by atoms with Gasteiger partial charge in [0.2, 0.25) is 0 Å². The number of benzene rings is 2. The van der Waals surface area contributed by atoms with Gasteiger partial charge in [-0.2, -0.15) is 0 Å². The third-order valence-electron chi connectivity index (χ3n) is 7.54. The van der Waals surface area contributed by atoms with Gasteiger partial charge in [0.1, 0.15) is 29.9 Å². The Morgan fingerprint density at radius 1 is 1.11 bits per heavy atom. The Hall–Kier alpha value is -3.70. The Bertz CT molecular complexity index is 1730. The molecular formula is C32H28Cl2N4O5S. The number of hydrogen-bond donors (Lipinski definition) is 0. The second-order valence-electron chi connectivity index (χ2n) is 10.8. The first-order chi connectivity index (χ1) is 21.3. The SMILES string of the molecule is CC1(C(=O)OCC2OC(c3nnc4c(SCc5ccccc5)nccn34)CC2OC(=O)c2ccc(Cl)cc2)C=CC(Cl)=CC1. The molecule has 0 radical (unpaired) electrons. The number of fused-ring (bicyclic) bond motifs is 1. The second kappa shape index (κ2) is 13.1. The van der Waals surface area contributed by atoms with E-state index in [1.54, 1.807) is 73.6 Å². The van der Waals surface area contributed by atoms with Crippen LogP contribution in [-0.2, 0) is 24.8 Å². The number of aromatic nitrogens is 4.